The first-order valence-electron chi connectivity index (χ1n) is 9.69. The van der Waals surface area contributed by atoms with Gasteiger partial charge in [-0.2, -0.15) is 18.4 Å². The summed E-state index contributed by atoms with van der Waals surface area (Å²) in [5.74, 6) is -0.970. The summed E-state index contributed by atoms with van der Waals surface area (Å²) in [5, 5.41) is 18.6. The molecule has 0 saturated carbocycles. The quantitative estimate of drug-likeness (QED) is 0.127. The Balaban J connectivity index is 0.000000724. The number of halogens is 3. The van der Waals surface area contributed by atoms with Crippen LogP contribution in [0.15, 0.2) is 28.8 Å². The van der Waals surface area contributed by atoms with Gasteiger partial charge in [-0.1, -0.05) is 10.3 Å². The molecule has 0 aromatic carbocycles. The van der Waals surface area contributed by atoms with E-state index in [4.69, 9.17) is 5.26 Å². The van der Waals surface area contributed by atoms with Crippen molar-refractivity contribution in [3.05, 3.63) is 29.6 Å². The predicted octanol–water partition coefficient (Wildman–Crippen LogP) is 4.43. The van der Waals surface area contributed by atoms with Crippen LogP contribution in [0.4, 0.5) is 22.8 Å². The number of carbonyl (C=O) groups is 3. The smallest absolute Gasteiger partial charge is 0.339 e. The normalized spacial score (nSPS) is 11.4. The average molecular weight is 584 g/mol. The first kappa shape index (κ1) is 33.8. The van der Waals surface area contributed by atoms with Crippen molar-refractivity contribution in [2.45, 2.75) is 20.0 Å². The van der Waals surface area contributed by atoms with E-state index in [-0.39, 0.29) is 6.54 Å². The van der Waals surface area contributed by atoms with Crippen LogP contribution in [0.3, 0.4) is 0 Å². The second-order valence-corrected chi connectivity index (χ2v) is 9.44. The molecule has 0 aliphatic carbocycles. The number of pyridine rings is 1. The minimum Gasteiger partial charge on any atom is -0.339 e. The van der Waals surface area contributed by atoms with Crippen molar-refractivity contribution in [3.8, 4) is 6.07 Å². The lowest BCUT2D eigenvalue weighted by atomic mass is 10.1. The molecule has 1 aromatic rings. The van der Waals surface area contributed by atoms with Gasteiger partial charge in [-0.3, -0.25) is 19.5 Å². The topological polar surface area (TPSA) is 150 Å². The zero-order valence-corrected chi connectivity index (χ0v) is 23.0. The molecule has 0 spiro atoms. The van der Waals surface area contributed by atoms with Gasteiger partial charge in [-0.05, 0) is 32.4 Å². The number of hydrogen-bond donors (Lipinski definition) is 1. The Labute approximate surface area is 224 Å². The second-order valence-electron chi connectivity index (χ2n) is 6.18. The summed E-state index contributed by atoms with van der Waals surface area (Å²) >= 11 is 3.51. The van der Waals surface area contributed by atoms with E-state index in [1.165, 1.54) is 37.6 Å². The van der Waals surface area contributed by atoms with Crippen molar-refractivity contribution >= 4 is 63.8 Å². The number of nitrogens with zero attached hydrogens (tertiary/aromatic N) is 6. The number of amides is 3. The first-order chi connectivity index (χ1) is 17.3. The van der Waals surface area contributed by atoms with Crippen LogP contribution < -0.4 is 5.32 Å². The van der Waals surface area contributed by atoms with Crippen molar-refractivity contribution in [2.24, 2.45) is 10.3 Å². The minimum atomic E-state index is -4.62. The lowest BCUT2D eigenvalue weighted by Crippen LogP contribution is -2.28. The van der Waals surface area contributed by atoms with E-state index in [9.17, 15) is 27.6 Å². The summed E-state index contributed by atoms with van der Waals surface area (Å²) in [4.78, 5) is 47.2. The molecule has 0 unspecified atom stereocenters. The molecule has 0 aliphatic heterocycles. The highest BCUT2D eigenvalue weighted by atomic mass is 32.2. The summed E-state index contributed by atoms with van der Waals surface area (Å²) in [6.45, 7) is 3.06. The van der Waals surface area contributed by atoms with E-state index < -0.39 is 35.4 Å². The zero-order valence-electron chi connectivity index (χ0n) is 20.5. The number of carbonyl (C=O) groups excluding carboxylic acids is 3. The molecule has 1 aromatic heterocycles. The monoisotopic (exact) mass is 583 g/mol. The molecule has 0 radical (unpaired) electrons. The number of hydrogen-bond acceptors (Lipinski definition) is 12. The molecular weight excluding hydrogens is 559 g/mol. The Morgan fingerprint density at radius 1 is 1.08 bits per heavy atom. The summed E-state index contributed by atoms with van der Waals surface area (Å²) in [7, 11) is 2.88. The third-order valence-electron chi connectivity index (χ3n) is 3.55. The average Bonchev–Trinajstić information content (AvgIpc) is 2.87. The molecule has 0 saturated heterocycles. The third kappa shape index (κ3) is 13.6. The van der Waals surface area contributed by atoms with E-state index >= 15 is 0 Å². The lowest BCUT2D eigenvalue weighted by molar-refractivity contribution is -0.138. The SMILES string of the molecule is CS/C(C)=N\OC(=O)N(C)SN(C)C(=O)O/N=C(/C)SC.N#CCNC(=O)c1cnccc1C(F)(F)F. The number of aromatic nitrogens is 1. The van der Waals surface area contributed by atoms with Crippen molar-refractivity contribution < 1.29 is 37.2 Å². The van der Waals surface area contributed by atoms with Gasteiger partial charge >= 0.3 is 18.4 Å². The molecule has 12 nitrogen and oxygen atoms in total. The molecule has 37 heavy (non-hydrogen) atoms. The van der Waals surface area contributed by atoms with E-state index in [2.05, 4.69) is 25.0 Å². The summed E-state index contributed by atoms with van der Waals surface area (Å²) in [5.41, 5.74) is -1.66. The Kier molecular flexibility index (Phi) is 15.8. The molecule has 204 valence electrons. The Hall–Kier alpha value is -3.17. The van der Waals surface area contributed by atoms with Crippen LogP contribution in [0.1, 0.15) is 29.8 Å². The fourth-order valence-electron chi connectivity index (χ4n) is 1.68. The Morgan fingerprint density at radius 2 is 1.57 bits per heavy atom. The summed E-state index contributed by atoms with van der Waals surface area (Å²) in [6.07, 6.45) is -0.659. The minimum absolute atomic E-state index is 0.356. The molecule has 0 fully saturated rings. The van der Waals surface area contributed by atoms with Gasteiger partial charge in [0.1, 0.15) is 16.6 Å². The first-order valence-corrected chi connectivity index (χ1v) is 12.9. The van der Waals surface area contributed by atoms with Gasteiger partial charge in [0.25, 0.3) is 5.91 Å². The fourth-order valence-corrected chi connectivity index (χ4v) is 2.48. The second kappa shape index (κ2) is 17.3. The van der Waals surface area contributed by atoms with Gasteiger partial charge in [0, 0.05) is 26.5 Å². The largest absolute Gasteiger partial charge is 0.447 e. The summed E-state index contributed by atoms with van der Waals surface area (Å²) in [6, 6.07) is 2.30. The van der Waals surface area contributed by atoms with Gasteiger partial charge in [0.2, 0.25) is 0 Å². The highest BCUT2D eigenvalue weighted by Crippen LogP contribution is 2.31. The zero-order chi connectivity index (χ0) is 28.6. The van der Waals surface area contributed by atoms with E-state index in [1.807, 2.05) is 17.8 Å². The maximum Gasteiger partial charge on any atom is 0.447 e. The number of alkyl halides is 3. The molecule has 1 heterocycles. The molecule has 18 heteroatoms. The van der Waals surface area contributed by atoms with Crippen molar-refractivity contribution in [1.82, 2.24) is 18.9 Å². The van der Waals surface area contributed by atoms with E-state index in [0.29, 0.717) is 16.2 Å². The van der Waals surface area contributed by atoms with Crippen LogP contribution in [0.25, 0.3) is 0 Å². The van der Waals surface area contributed by atoms with E-state index in [1.54, 1.807) is 19.9 Å². The Morgan fingerprint density at radius 3 is 1.97 bits per heavy atom. The van der Waals surface area contributed by atoms with Gasteiger partial charge in [-0.15, -0.1) is 23.5 Å². The summed E-state index contributed by atoms with van der Waals surface area (Å²) < 4.78 is 39.6. The van der Waals surface area contributed by atoms with Gasteiger partial charge in [0.05, 0.1) is 29.3 Å². The van der Waals surface area contributed by atoms with Crippen molar-refractivity contribution in [1.29, 1.82) is 5.26 Å². The standard InChI is InChI=1S/C10H18N4O4S3.C9H6F3N3O/c1-7(19-5)11-17-9(15)13(3)21-14(4)10(16)18-12-8(2)20-6;10-9(11,12)7-1-3-14-5-6(7)8(16)15-4-2-13/h1-6H3;1,3,5H,4H2,(H,15,16)/b11-7-,12-8-;. The van der Waals surface area contributed by atoms with Crippen LogP contribution in [-0.2, 0) is 15.9 Å². The molecular formula is C19H24F3N7O5S3. The molecule has 1 N–H and O–H groups in total. The lowest BCUT2D eigenvalue weighted by Gasteiger charge is -2.19. The molecule has 1 rings (SSSR count). The van der Waals surface area contributed by atoms with Crippen LogP contribution in [0, 0.1) is 11.3 Å². The van der Waals surface area contributed by atoms with Crippen LogP contribution in [0.5, 0.6) is 0 Å². The van der Waals surface area contributed by atoms with Crippen LogP contribution in [0.2, 0.25) is 0 Å². The number of oxime groups is 2. The number of thioether (sulfide) groups is 2. The van der Waals surface area contributed by atoms with Crippen LogP contribution >= 0.6 is 35.7 Å². The fraction of sp³-hybridized carbons (Fsp3) is 0.421. The molecule has 0 aliphatic rings. The molecule has 0 bridgehead atoms. The van der Waals surface area contributed by atoms with Gasteiger partial charge in [-0.25, -0.2) is 18.2 Å². The number of nitriles is 1. The molecule has 3 amide bonds. The predicted molar refractivity (Wildman–Crippen MR) is 137 cm³/mol. The highest BCUT2D eigenvalue weighted by molar-refractivity contribution is 8.13. The molecule has 0 atom stereocenters. The Bertz CT molecular complexity index is 997. The van der Waals surface area contributed by atoms with E-state index in [0.717, 1.165) is 33.1 Å². The van der Waals surface area contributed by atoms with Crippen molar-refractivity contribution in [2.75, 3.05) is 33.2 Å². The number of nitrogens with one attached hydrogen (secondary N) is 1. The number of rotatable bonds is 6. The van der Waals surface area contributed by atoms with Crippen LogP contribution in [-0.4, -0.2) is 74.9 Å². The van der Waals surface area contributed by atoms with Crippen molar-refractivity contribution in [3.63, 3.8) is 0 Å². The maximum atomic E-state index is 12.5. The maximum absolute atomic E-state index is 12.5. The third-order valence-corrected chi connectivity index (χ3v) is 5.67. The van der Waals surface area contributed by atoms with Gasteiger partial charge < -0.3 is 5.32 Å². The van der Waals surface area contributed by atoms with Gasteiger partial charge in [0.15, 0.2) is 0 Å². The highest BCUT2D eigenvalue weighted by Gasteiger charge is 2.35.